The van der Waals surface area contributed by atoms with Crippen molar-refractivity contribution in [2.75, 3.05) is 42.1 Å². The van der Waals surface area contributed by atoms with E-state index < -0.39 is 6.16 Å². The van der Waals surface area contributed by atoms with Crippen LogP contribution in [0.3, 0.4) is 0 Å². The maximum atomic E-state index is 9.03. The molecule has 0 bridgehead atoms. The normalized spacial score (nSPS) is 9.75. The van der Waals surface area contributed by atoms with E-state index in [9.17, 15) is 0 Å². The van der Waals surface area contributed by atoms with E-state index >= 15 is 0 Å². The summed E-state index contributed by atoms with van der Waals surface area (Å²) in [6, 6.07) is 0. The van der Waals surface area contributed by atoms with Gasteiger partial charge < -0.3 is 23.9 Å². The molecule has 0 aromatic heterocycles. The van der Waals surface area contributed by atoms with Crippen LogP contribution in [0.25, 0.3) is 0 Å². The third-order valence-electron chi connectivity index (χ3n) is 0.683. The van der Waals surface area contributed by atoms with Gasteiger partial charge in [0.1, 0.15) is 0 Å². The molecule has 0 aliphatic rings. The lowest BCUT2D eigenvalue weighted by Crippen LogP contribution is -2.35. The number of rotatable bonds is 2. The molecule has 0 fully saturated rings. The van der Waals surface area contributed by atoms with Crippen molar-refractivity contribution in [1.29, 1.82) is 0 Å². The molecule has 0 rings (SSSR count). The minimum Gasteiger partial charge on any atom is -0.553 e. The molecule has 5 heteroatoms. The standard InChI is InChI=1S/C5H14NO.C2H4O3/c1-6(2,3)5-7-4;1-5-2(3)4/h5H2,1-4H3;1H3,(H,3,4)/q+1;/p-1. The molecule has 0 aromatic carbocycles. The summed E-state index contributed by atoms with van der Waals surface area (Å²) >= 11 is 0. The Morgan fingerprint density at radius 1 is 1.33 bits per heavy atom. The van der Waals surface area contributed by atoms with Crippen molar-refractivity contribution < 1.29 is 23.9 Å². The van der Waals surface area contributed by atoms with Gasteiger partial charge in [-0.1, -0.05) is 0 Å². The molecule has 74 valence electrons. The molecular formula is C7H17NO4. The number of carboxylic acid groups (broad SMARTS) is 1. The summed E-state index contributed by atoms with van der Waals surface area (Å²) in [5.41, 5.74) is 0. The smallest absolute Gasteiger partial charge is 0.251 e. The van der Waals surface area contributed by atoms with Gasteiger partial charge in [-0.15, -0.1) is 0 Å². The molecule has 0 heterocycles. The van der Waals surface area contributed by atoms with Gasteiger partial charge in [0.25, 0.3) is 6.16 Å². The first kappa shape index (κ1) is 13.8. The number of methoxy groups -OCH3 is 2. The maximum absolute atomic E-state index is 9.03. The van der Waals surface area contributed by atoms with E-state index in [1.165, 1.54) is 0 Å². The van der Waals surface area contributed by atoms with Crippen LogP contribution in [-0.2, 0) is 9.47 Å². The number of carbonyl (C=O) groups is 1. The number of carbonyl (C=O) groups excluding carboxylic acids is 1. The molecule has 0 aromatic rings. The highest BCUT2D eigenvalue weighted by atomic mass is 16.6. The first-order chi connectivity index (χ1) is 5.33. The molecule has 0 amide bonds. The van der Waals surface area contributed by atoms with Crippen LogP contribution in [0.2, 0.25) is 0 Å². The SMILES string of the molecule is COC(=O)[O-].COC[N+](C)(C)C. The van der Waals surface area contributed by atoms with Crippen LogP contribution in [0.1, 0.15) is 0 Å². The van der Waals surface area contributed by atoms with Crippen molar-refractivity contribution in [3.05, 3.63) is 0 Å². The molecule has 0 aliphatic carbocycles. The predicted octanol–water partition coefficient (Wildman–Crippen LogP) is -0.727. The second-order valence-electron chi connectivity index (χ2n) is 3.16. The van der Waals surface area contributed by atoms with E-state index in [-0.39, 0.29) is 0 Å². The van der Waals surface area contributed by atoms with Gasteiger partial charge in [0.2, 0.25) is 0 Å². The van der Waals surface area contributed by atoms with E-state index in [4.69, 9.17) is 14.6 Å². The molecule has 0 spiro atoms. The van der Waals surface area contributed by atoms with E-state index in [1.54, 1.807) is 7.11 Å². The molecular weight excluding hydrogens is 162 g/mol. The first-order valence-electron chi connectivity index (χ1n) is 3.38. The zero-order valence-corrected chi connectivity index (χ0v) is 8.29. The van der Waals surface area contributed by atoms with Crippen molar-refractivity contribution in [3.8, 4) is 0 Å². The molecule has 0 unspecified atom stereocenters. The van der Waals surface area contributed by atoms with Gasteiger partial charge in [-0.3, -0.25) is 0 Å². The number of hydrogen-bond donors (Lipinski definition) is 0. The van der Waals surface area contributed by atoms with Crippen molar-refractivity contribution >= 4 is 6.16 Å². The fourth-order valence-corrected chi connectivity index (χ4v) is 0.387. The molecule has 0 saturated carbocycles. The van der Waals surface area contributed by atoms with Gasteiger partial charge in [-0.25, -0.2) is 0 Å². The van der Waals surface area contributed by atoms with Crippen molar-refractivity contribution in [2.24, 2.45) is 0 Å². The van der Waals surface area contributed by atoms with E-state index in [0.717, 1.165) is 18.3 Å². The second kappa shape index (κ2) is 6.87. The fraction of sp³-hybridized carbons (Fsp3) is 0.857. The topological polar surface area (TPSA) is 58.6 Å². The Labute approximate surface area is 73.1 Å². The molecule has 0 saturated heterocycles. The lowest BCUT2D eigenvalue weighted by atomic mass is 10.7. The molecule has 0 aliphatic heterocycles. The van der Waals surface area contributed by atoms with Crippen LogP contribution in [0.15, 0.2) is 0 Å². The average Bonchev–Trinajstić information content (AvgIpc) is 1.86. The van der Waals surface area contributed by atoms with Crippen molar-refractivity contribution in [3.63, 3.8) is 0 Å². The number of quaternary nitrogens is 1. The van der Waals surface area contributed by atoms with Gasteiger partial charge >= 0.3 is 0 Å². The lowest BCUT2D eigenvalue weighted by Gasteiger charge is -2.21. The van der Waals surface area contributed by atoms with Crippen LogP contribution in [-0.4, -0.2) is 52.7 Å². The Morgan fingerprint density at radius 3 is 1.67 bits per heavy atom. The minimum atomic E-state index is -1.50. The highest BCUT2D eigenvalue weighted by Gasteiger charge is 2.02. The first-order valence-corrected chi connectivity index (χ1v) is 3.38. The lowest BCUT2D eigenvalue weighted by molar-refractivity contribution is -0.890. The monoisotopic (exact) mass is 179 g/mol. The molecule has 5 nitrogen and oxygen atoms in total. The Bertz CT molecular complexity index is 119. The van der Waals surface area contributed by atoms with Gasteiger partial charge in [-0.05, 0) is 0 Å². The van der Waals surface area contributed by atoms with Crippen LogP contribution in [0.4, 0.5) is 4.79 Å². The van der Waals surface area contributed by atoms with Gasteiger partial charge in [-0.2, -0.15) is 0 Å². The van der Waals surface area contributed by atoms with Gasteiger partial charge in [0, 0.05) is 14.2 Å². The van der Waals surface area contributed by atoms with Crippen molar-refractivity contribution in [1.82, 2.24) is 0 Å². The van der Waals surface area contributed by atoms with Gasteiger partial charge in [0.15, 0.2) is 6.73 Å². The Morgan fingerprint density at radius 2 is 1.67 bits per heavy atom. The van der Waals surface area contributed by atoms with E-state index in [1.807, 2.05) is 0 Å². The summed E-state index contributed by atoms with van der Waals surface area (Å²) in [4.78, 5) is 9.03. The molecule has 12 heavy (non-hydrogen) atoms. The third kappa shape index (κ3) is 22.9. The molecule has 0 N–H and O–H groups in total. The highest BCUT2D eigenvalue weighted by molar-refractivity contribution is 5.53. The van der Waals surface area contributed by atoms with Crippen molar-refractivity contribution in [2.45, 2.75) is 0 Å². The van der Waals surface area contributed by atoms with Crippen LogP contribution in [0.5, 0.6) is 0 Å². The Hall–Kier alpha value is -0.810. The summed E-state index contributed by atoms with van der Waals surface area (Å²) in [7, 11) is 9.01. The maximum Gasteiger partial charge on any atom is 0.251 e. The average molecular weight is 179 g/mol. The summed E-state index contributed by atoms with van der Waals surface area (Å²) in [5, 5.41) is 9.03. The van der Waals surface area contributed by atoms with Crippen LogP contribution < -0.4 is 5.11 Å². The summed E-state index contributed by atoms with van der Waals surface area (Å²) in [6.45, 7) is 0.778. The van der Waals surface area contributed by atoms with E-state index in [0.29, 0.717) is 0 Å². The predicted molar refractivity (Wildman–Crippen MR) is 42.3 cm³/mol. The zero-order valence-electron chi connectivity index (χ0n) is 8.29. The quantitative estimate of drug-likeness (QED) is 0.318. The summed E-state index contributed by atoms with van der Waals surface area (Å²) < 4.78 is 9.31. The summed E-state index contributed by atoms with van der Waals surface area (Å²) in [6.07, 6.45) is -1.50. The van der Waals surface area contributed by atoms with Crippen LogP contribution in [0, 0.1) is 0 Å². The second-order valence-corrected chi connectivity index (χ2v) is 3.16. The van der Waals surface area contributed by atoms with Gasteiger partial charge in [0.05, 0.1) is 21.1 Å². The Kier molecular flexibility index (Phi) is 7.88. The largest absolute Gasteiger partial charge is 0.553 e. The number of hydrogen-bond acceptors (Lipinski definition) is 4. The minimum absolute atomic E-state index is 0.778. The Balaban J connectivity index is 0. The number of nitrogens with zero attached hydrogens (tertiary/aromatic N) is 1. The zero-order chi connectivity index (χ0) is 10.2. The van der Waals surface area contributed by atoms with Crippen LogP contribution >= 0.6 is 0 Å². The summed E-state index contributed by atoms with van der Waals surface area (Å²) in [5.74, 6) is 0. The van der Waals surface area contributed by atoms with E-state index in [2.05, 4.69) is 25.9 Å². The molecule has 0 radical (unpaired) electrons. The highest BCUT2D eigenvalue weighted by Crippen LogP contribution is 1.86. The third-order valence-corrected chi connectivity index (χ3v) is 0.683. The fourth-order valence-electron chi connectivity index (χ4n) is 0.387. The number of ether oxygens (including phenoxy) is 2. The molecule has 0 atom stereocenters.